The summed E-state index contributed by atoms with van der Waals surface area (Å²) in [5.41, 5.74) is 6.38. The van der Waals surface area contributed by atoms with Crippen molar-refractivity contribution in [2.24, 2.45) is 5.73 Å². The van der Waals surface area contributed by atoms with Crippen LogP contribution in [-0.2, 0) is 4.79 Å². The van der Waals surface area contributed by atoms with E-state index in [9.17, 15) is 9.18 Å². The van der Waals surface area contributed by atoms with Crippen LogP contribution in [0.3, 0.4) is 0 Å². The summed E-state index contributed by atoms with van der Waals surface area (Å²) in [5, 5.41) is 8.93. The lowest BCUT2D eigenvalue weighted by Gasteiger charge is -2.38. The Morgan fingerprint density at radius 1 is 1.45 bits per heavy atom. The van der Waals surface area contributed by atoms with E-state index in [2.05, 4.69) is 0 Å². The lowest BCUT2D eigenvalue weighted by molar-refractivity contribution is -0.133. The monoisotopic (exact) mass is 275 g/mol. The lowest BCUT2D eigenvalue weighted by Crippen LogP contribution is -2.45. The molecule has 0 aliphatic carbocycles. The molecular weight excluding hydrogens is 257 g/mol. The molecule has 1 saturated heterocycles. The molecule has 0 spiro atoms. The van der Waals surface area contributed by atoms with Crippen LogP contribution in [0.1, 0.15) is 44.4 Å². The quantitative estimate of drug-likeness (QED) is 0.853. The molecule has 0 radical (unpaired) electrons. The maximum Gasteiger partial charge on any atom is 0.225 e. The number of benzene rings is 1. The molecule has 1 aliphatic rings. The van der Waals surface area contributed by atoms with Crippen LogP contribution in [0.4, 0.5) is 4.39 Å². The van der Waals surface area contributed by atoms with E-state index in [0.29, 0.717) is 5.56 Å². The summed E-state index contributed by atoms with van der Waals surface area (Å²) in [6, 6.07) is 5.48. The van der Waals surface area contributed by atoms with Gasteiger partial charge < -0.3 is 10.6 Å². The fourth-order valence-electron chi connectivity index (χ4n) is 2.76. The minimum Gasteiger partial charge on any atom is -0.329 e. The number of amides is 1. The maximum absolute atomic E-state index is 13.4. The van der Waals surface area contributed by atoms with E-state index >= 15 is 0 Å². The molecule has 2 atom stereocenters. The van der Waals surface area contributed by atoms with Crippen LogP contribution >= 0.6 is 0 Å². The van der Waals surface area contributed by atoms with Crippen molar-refractivity contribution in [1.82, 2.24) is 4.90 Å². The molecule has 20 heavy (non-hydrogen) atoms. The summed E-state index contributed by atoms with van der Waals surface area (Å²) >= 11 is 0. The van der Waals surface area contributed by atoms with Crippen LogP contribution in [0.2, 0.25) is 0 Å². The van der Waals surface area contributed by atoms with E-state index in [1.165, 1.54) is 12.1 Å². The number of likely N-dealkylation sites (tertiary alicyclic amines) is 1. The highest BCUT2D eigenvalue weighted by molar-refractivity contribution is 5.81. The average Bonchev–Trinajstić information content (AvgIpc) is 2.64. The maximum atomic E-state index is 13.4. The van der Waals surface area contributed by atoms with E-state index in [0.717, 1.165) is 0 Å². The third-order valence-electron chi connectivity index (χ3n) is 3.54. The van der Waals surface area contributed by atoms with Crippen molar-refractivity contribution in [2.75, 3.05) is 0 Å². The highest BCUT2D eigenvalue weighted by Gasteiger charge is 2.44. The van der Waals surface area contributed by atoms with E-state index in [1.807, 2.05) is 26.8 Å². The molecule has 1 heterocycles. The van der Waals surface area contributed by atoms with Gasteiger partial charge >= 0.3 is 0 Å². The number of hydrogen-bond acceptors (Lipinski definition) is 3. The second-order valence-corrected chi connectivity index (χ2v) is 6.10. The van der Waals surface area contributed by atoms with E-state index in [-0.39, 0.29) is 35.5 Å². The Bertz CT molecular complexity index is 586. The first-order valence-corrected chi connectivity index (χ1v) is 6.53. The van der Waals surface area contributed by atoms with Gasteiger partial charge in [0.1, 0.15) is 11.9 Å². The Balaban J connectivity index is 2.49. The molecule has 2 N–H and O–H groups in total. The Labute approximate surface area is 118 Å². The number of carbonyl (C=O) groups is 1. The number of halogens is 1. The van der Waals surface area contributed by atoms with E-state index in [1.54, 1.807) is 11.0 Å². The van der Waals surface area contributed by atoms with Gasteiger partial charge in [0, 0.05) is 18.0 Å². The number of nitriles is 1. The second-order valence-electron chi connectivity index (χ2n) is 6.10. The molecule has 5 heteroatoms. The predicted octanol–water partition coefficient (Wildman–Crippen LogP) is 2.10. The molecular formula is C15H18FN3O. The van der Waals surface area contributed by atoms with Gasteiger partial charge in [0.15, 0.2) is 0 Å². The number of hydrogen-bond donors (Lipinski definition) is 1. The molecule has 4 nitrogen and oxygen atoms in total. The smallest absolute Gasteiger partial charge is 0.225 e. The molecule has 0 bridgehead atoms. The molecule has 1 aromatic rings. The van der Waals surface area contributed by atoms with Crippen LogP contribution < -0.4 is 5.73 Å². The zero-order valence-corrected chi connectivity index (χ0v) is 11.9. The highest BCUT2D eigenvalue weighted by Crippen LogP contribution is 2.37. The molecule has 0 saturated carbocycles. The lowest BCUT2D eigenvalue weighted by atomic mass is 9.95. The van der Waals surface area contributed by atoms with Gasteiger partial charge in [0.2, 0.25) is 5.91 Å². The Kier molecular flexibility index (Phi) is 3.53. The molecule has 1 fully saturated rings. The summed E-state index contributed by atoms with van der Waals surface area (Å²) in [6.45, 7) is 5.81. The van der Waals surface area contributed by atoms with Crippen LogP contribution in [-0.4, -0.2) is 22.4 Å². The predicted molar refractivity (Wildman–Crippen MR) is 73.0 cm³/mol. The van der Waals surface area contributed by atoms with Gasteiger partial charge in [-0.15, -0.1) is 0 Å². The summed E-state index contributed by atoms with van der Waals surface area (Å²) in [4.78, 5) is 13.9. The molecule has 106 valence electrons. The van der Waals surface area contributed by atoms with Crippen LogP contribution in [0.15, 0.2) is 18.2 Å². The van der Waals surface area contributed by atoms with Gasteiger partial charge in [-0.1, -0.05) is 6.07 Å². The molecule has 2 rings (SSSR count). The standard InChI is InChI=1S/C15H18FN3O/c1-15(2,3)19-13(20)7-12(18)14(19)9-4-5-11(16)10(6-9)8-17/h4-6,12,14H,7,18H2,1-3H3. The third-order valence-corrected chi connectivity index (χ3v) is 3.54. The van der Waals surface area contributed by atoms with Crippen molar-refractivity contribution >= 4 is 5.91 Å². The number of nitrogens with two attached hydrogens (primary N) is 1. The largest absolute Gasteiger partial charge is 0.329 e. The van der Waals surface area contributed by atoms with Gasteiger partial charge in [-0.05, 0) is 38.5 Å². The Morgan fingerprint density at radius 2 is 2.10 bits per heavy atom. The fraction of sp³-hybridized carbons (Fsp3) is 0.467. The Hall–Kier alpha value is -1.93. The molecule has 2 unspecified atom stereocenters. The summed E-state index contributed by atoms with van der Waals surface area (Å²) in [7, 11) is 0. The first-order chi connectivity index (χ1) is 9.25. The summed E-state index contributed by atoms with van der Waals surface area (Å²) in [6.07, 6.45) is 0.265. The number of carbonyl (C=O) groups excluding carboxylic acids is 1. The van der Waals surface area contributed by atoms with Crippen LogP contribution in [0.25, 0.3) is 0 Å². The van der Waals surface area contributed by atoms with Crippen molar-refractivity contribution in [3.63, 3.8) is 0 Å². The van der Waals surface area contributed by atoms with E-state index < -0.39 is 5.82 Å². The topological polar surface area (TPSA) is 70.1 Å². The third kappa shape index (κ3) is 2.39. The first-order valence-electron chi connectivity index (χ1n) is 6.53. The van der Waals surface area contributed by atoms with Gasteiger partial charge in [-0.25, -0.2) is 4.39 Å². The van der Waals surface area contributed by atoms with Gasteiger partial charge in [-0.2, -0.15) is 5.26 Å². The number of rotatable bonds is 1. The van der Waals surface area contributed by atoms with Crippen molar-refractivity contribution in [1.29, 1.82) is 5.26 Å². The summed E-state index contributed by atoms with van der Waals surface area (Å²) < 4.78 is 13.4. The van der Waals surface area contributed by atoms with Crippen LogP contribution in [0.5, 0.6) is 0 Å². The molecule has 1 aromatic carbocycles. The minimum atomic E-state index is -0.559. The summed E-state index contributed by atoms with van der Waals surface area (Å²) in [5.74, 6) is -0.575. The SMILES string of the molecule is CC(C)(C)N1C(=O)CC(N)C1c1ccc(F)c(C#N)c1. The zero-order valence-electron chi connectivity index (χ0n) is 11.9. The normalized spacial score (nSPS) is 23.0. The highest BCUT2D eigenvalue weighted by atomic mass is 19.1. The van der Waals surface area contributed by atoms with Crippen molar-refractivity contribution in [2.45, 2.75) is 44.8 Å². The van der Waals surface area contributed by atoms with Gasteiger partial charge in [0.25, 0.3) is 0 Å². The average molecular weight is 275 g/mol. The Morgan fingerprint density at radius 3 is 2.65 bits per heavy atom. The van der Waals surface area contributed by atoms with Crippen molar-refractivity contribution in [3.8, 4) is 6.07 Å². The molecule has 0 aromatic heterocycles. The number of nitrogens with zero attached hydrogens (tertiary/aromatic N) is 2. The minimum absolute atomic E-state index is 0.0159. The van der Waals surface area contributed by atoms with E-state index in [4.69, 9.17) is 11.0 Å². The van der Waals surface area contributed by atoms with Crippen LogP contribution in [0, 0.1) is 17.1 Å². The van der Waals surface area contributed by atoms with Crippen molar-refractivity contribution in [3.05, 3.63) is 35.1 Å². The van der Waals surface area contributed by atoms with Crippen molar-refractivity contribution < 1.29 is 9.18 Å². The molecule has 1 amide bonds. The van der Waals surface area contributed by atoms with Gasteiger partial charge in [-0.3, -0.25) is 4.79 Å². The molecule has 1 aliphatic heterocycles. The first kappa shape index (κ1) is 14.5. The fourth-order valence-corrected chi connectivity index (χ4v) is 2.76. The zero-order chi connectivity index (χ0) is 15.1. The van der Waals surface area contributed by atoms with Gasteiger partial charge in [0.05, 0.1) is 11.6 Å². The second kappa shape index (κ2) is 4.88.